The van der Waals surface area contributed by atoms with Crippen molar-refractivity contribution in [2.24, 2.45) is 0 Å². The van der Waals surface area contributed by atoms with Crippen LogP contribution in [0.3, 0.4) is 0 Å². The summed E-state index contributed by atoms with van der Waals surface area (Å²) in [7, 11) is 4.10. The molecule has 2 rings (SSSR count). The van der Waals surface area contributed by atoms with Crippen molar-refractivity contribution in [3.05, 3.63) is 23.8 Å². The second-order valence-electron chi connectivity index (χ2n) is 4.65. The number of amides is 1. The number of hydrogen-bond donors (Lipinski definition) is 2. The molecule has 0 bridgehead atoms. The van der Waals surface area contributed by atoms with Crippen molar-refractivity contribution in [3.63, 3.8) is 0 Å². The molecule has 0 spiro atoms. The molecule has 5 nitrogen and oxygen atoms in total. The fourth-order valence-corrected chi connectivity index (χ4v) is 1.78. The van der Waals surface area contributed by atoms with Crippen molar-refractivity contribution in [1.29, 1.82) is 0 Å². The summed E-state index contributed by atoms with van der Waals surface area (Å²) in [5.74, 6) is 0.645. The Labute approximate surface area is 107 Å². The van der Waals surface area contributed by atoms with Gasteiger partial charge in [-0.1, -0.05) is 6.07 Å². The first-order valence-corrected chi connectivity index (χ1v) is 6.06. The number of fused-ring (bicyclic) bond motifs is 1. The molecular weight excluding hydrogens is 230 g/mol. The zero-order chi connectivity index (χ0) is 13.0. The molecular formula is C13H19N3O2. The molecule has 1 aliphatic rings. The van der Waals surface area contributed by atoms with Crippen molar-refractivity contribution in [1.82, 2.24) is 10.2 Å². The molecule has 0 aromatic heterocycles. The normalized spacial score (nSPS) is 14.1. The predicted octanol–water partition coefficient (Wildman–Crippen LogP) is 0.669. The Morgan fingerprint density at radius 3 is 3.06 bits per heavy atom. The van der Waals surface area contributed by atoms with Gasteiger partial charge in [-0.05, 0) is 31.8 Å². The van der Waals surface area contributed by atoms with Crippen LogP contribution in [0.1, 0.15) is 5.56 Å². The van der Waals surface area contributed by atoms with E-state index in [4.69, 9.17) is 4.74 Å². The molecule has 2 N–H and O–H groups in total. The van der Waals surface area contributed by atoms with Crippen LogP contribution in [0.2, 0.25) is 0 Å². The molecule has 18 heavy (non-hydrogen) atoms. The minimum absolute atomic E-state index is 0.0970. The molecule has 1 aromatic rings. The minimum Gasteiger partial charge on any atom is -0.482 e. The molecule has 1 aliphatic heterocycles. The number of hydrogen-bond acceptors (Lipinski definition) is 4. The Kier molecular flexibility index (Phi) is 4.17. The van der Waals surface area contributed by atoms with Crippen molar-refractivity contribution < 1.29 is 9.53 Å². The molecule has 0 atom stereocenters. The van der Waals surface area contributed by atoms with Crippen LogP contribution in [0.4, 0.5) is 5.69 Å². The predicted molar refractivity (Wildman–Crippen MR) is 70.8 cm³/mol. The summed E-state index contributed by atoms with van der Waals surface area (Å²) < 4.78 is 5.31. The van der Waals surface area contributed by atoms with Crippen molar-refractivity contribution >= 4 is 11.6 Å². The third kappa shape index (κ3) is 3.45. The van der Waals surface area contributed by atoms with E-state index in [1.165, 1.54) is 0 Å². The van der Waals surface area contributed by atoms with E-state index in [2.05, 4.69) is 15.5 Å². The maximum atomic E-state index is 11.2. The largest absolute Gasteiger partial charge is 0.482 e. The van der Waals surface area contributed by atoms with Gasteiger partial charge in [-0.3, -0.25) is 4.79 Å². The number of carbonyl (C=O) groups excluding carboxylic acids is 1. The van der Waals surface area contributed by atoms with Crippen LogP contribution < -0.4 is 15.4 Å². The highest BCUT2D eigenvalue weighted by molar-refractivity contribution is 5.95. The molecule has 0 aliphatic carbocycles. The Hall–Kier alpha value is -1.59. The number of likely N-dealkylation sites (N-methyl/N-ethyl adjacent to an activating group) is 1. The summed E-state index contributed by atoms with van der Waals surface area (Å²) >= 11 is 0. The highest BCUT2D eigenvalue weighted by Crippen LogP contribution is 2.28. The lowest BCUT2D eigenvalue weighted by Crippen LogP contribution is -2.27. The number of anilines is 1. The zero-order valence-electron chi connectivity index (χ0n) is 10.8. The SMILES string of the molecule is CN(C)CCNCc1ccc2c(c1)NC(=O)CO2. The maximum absolute atomic E-state index is 11.2. The first-order chi connectivity index (χ1) is 8.65. The highest BCUT2D eigenvalue weighted by atomic mass is 16.5. The highest BCUT2D eigenvalue weighted by Gasteiger charge is 2.15. The lowest BCUT2D eigenvalue weighted by molar-refractivity contribution is -0.118. The van der Waals surface area contributed by atoms with Gasteiger partial charge in [0.15, 0.2) is 6.61 Å². The number of benzene rings is 1. The topological polar surface area (TPSA) is 53.6 Å². The van der Waals surface area contributed by atoms with E-state index < -0.39 is 0 Å². The lowest BCUT2D eigenvalue weighted by Gasteiger charge is -2.18. The monoisotopic (exact) mass is 249 g/mol. The van der Waals surface area contributed by atoms with Crippen LogP contribution in [0.15, 0.2) is 18.2 Å². The fourth-order valence-electron chi connectivity index (χ4n) is 1.78. The smallest absolute Gasteiger partial charge is 0.262 e. The van der Waals surface area contributed by atoms with E-state index in [1.807, 2.05) is 32.3 Å². The second kappa shape index (κ2) is 5.84. The summed E-state index contributed by atoms with van der Waals surface area (Å²) in [4.78, 5) is 13.3. The number of nitrogens with one attached hydrogen (secondary N) is 2. The summed E-state index contributed by atoms with van der Waals surface area (Å²) in [6.07, 6.45) is 0. The Morgan fingerprint density at radius 1 is 1.44 bits per heavy atom. The average molecular weight is 249 g/mol. The molecule has 0 unspecified atom stereocenters. The molecule has 0 saturated heterocycles. The molecule has 1 aromatic carbocycles. The molecule has 1 heterocycles. The quantitative estimate of drug-likeness (QED) is 0.753. The minimum atomic E-state index is -0.0970. The number of carbonyl (C=O) groups is 1. The van der Waals surface area contributed by atoms with Crippen LogP contribution in [0, 0.1) is 0 Å². The summed E-state index contributed by atoms with van der Waals surface area (Å²) in [6.45, 7) is 2.84. The average Bonchev–Trinajstić information content (AvgIpc) is 2.34. The van der Waals surface area contributed by atoms with E-state index in [0.29, 0.717) is 0 Å². The van der Waals surface area contributed by atoms with E-state index in [1.54, 1.807) is 0 Å². The molecule has 0 saturated carbocycles. The van der Waals surface area contributed by atoms with Gasteiger partial charge < -0.3 is 20.3 Å². The van der Waals surface area contributed by atoms with Crippen molar-refractivity contribution in [3.8, 4) is 5.75 Å². The van der Waals surface area contributed by atoms with Crippen LogP contribution in [-0.2, 0) is 11.3 Å². The Bertz CT molecular complexity index is 432. The standard InChI is InChI=1S/C13H19N3O2/c1-16(2)6-5-14-8-10-3-4-12-11(7-10)15-13(17)9-18-12/h3-4,7,14H,5-6,8-9H2,1-2H3,(H,15,17). The van der Waals surface area contributed by atoms with Gasteiger partial charge >= 0.3 is 0 Å². The summed E-state index contributed by atoms with van der Waals surface area (Å²) in [6, 6.07) is 5.87. The van der Waals surface area contributed by atoms with E-state index in [9.17, 15) is 4.79 Å². The first kappa shape index (κ1) is 12.9. The molecule has 0 fully saturated rings. The molecule has 98 valence electrons. The fraction of sp³-hybridized carbons (Fsp3) is 0.462. The van der Waals surface area contributed by atoms with E-state index in [-0.39, 0.29) is 12.5 Å². The third-order valence-electron chi connectivity index (χ3n) is 2.74. The number of rotatable bonds is 5. The summed E-state index contributed by atoms with van der Waals surface area (Å²) in [5, 5.41) is 6.16. The van der Waals surface area contributed by atoms with Crippen LogP contribution >= 0.6 is 0 Å². The third-order valence-corrected chi connectivity index (χ3v) is 2.74. The first-order valence-electron chi connectivity index (χ1n) is 6.06. The van der Waals surface area contributed by atoms with Gasteiger partial charge in [0.25, 0.3) is 5.91 Å². The van der Waals surface area contributed by atoms with E-state index in [0.717, 1.165) is 36.6 Å². The maximum Gasteiger partial charge on any atom is 0.262 e. The number of nitrogens with zero attached hydrogens (tertiary/aromatic N) is 1. The zero-order valence-corrected chi connectivity index (χ0v) is 10.8. The van der Waals surface area contributed by atoms with Crippen LogP contribution in [-0.4, -0.2) is 44.6 Å². The second-order valence-corrected chi connectivity index (χ2v) is 4.65. The van der Waals surface area contributed by atoms with Gasteiger partial charge in [-0.2, -0.15) is 0 Å². The molecule has 1 amide bonds. The summed E-state index contributed by atoms with van der Waals surface area (Å²) in [5.41, 5.74) is 1.90. The van der Waals surface area contributed by atoms with Gasteiger partial charge in [0, 0.05) is 19.6 Å². The number of ether oxygens (including phenoxy) is 1. The lowest BCUT2D eigenvalue weighted by atomic mass is 10.1. The van der Waals surface area contributed by atoms with Crippen molar-refractivity contribution in [2.45, 2.75) is 6.54 Å². The molecule has 5 heteroatoms. The van der Waals surface area contributed by atoms with Gasteiger partial charge in [0.05, 0.1) is 5.69 Å². The van der Waals surface area contributed by atoms with Crippen molar-refractivity contribution in [2.75, 3.05) is 39.1 Å². The van der Waals surface area contributed by atoms with Gasteiger partial charge in [-0.15, -0.1) is 0 Å². The Morgan fingerprint density at radius 2 is 2.28 bits per heavy atom. The molecule has 0 radical (unpaired) electrons. The van der Waals surface area contributed by atoms with Gasteiger partial charge in [0.1, 0.15) is 5.75 Å². The van der Waals surface area contributed by atoms with Gasteiger partial charge in [-0.25, -0.2) is 0 Å². The Balaban J connectivity index is 1.90. The van der Waals surface area contributed by atoms with E-state index >= 15 is 0 Å². The van der Waals surface area contributed by atoms with Crippen LogP contribution in [0.5, 0.6) is 5.75 Å². The van der Waals surface area contributed by atoms with Gasteiger partial charge in [0.2, 0.25) is 0 Å². The van der Waals surface area contributed by atoms with Crippen LogP contribution in [0.25, 0.3) is 0 Å².